The highest BCUT2D eigenvalue weighted by Crippen LogP contribution is 2.36. The Kier molecular flexibility index (Phi) is 10.2. The van der Waals surface area contributed by atoms with Crippen molar-refractivity contribution in [3.63, 3.8) is 0 Å². The van der Waals surface area contributed by atoms with Crippen molar-refractivity contribution in [2.24, 2.45) is 0 Å². The molecule has 0 saturated carbocycles. The molecule has 1 N–H and O–H groups in total. The minimum Gasteiger partial charge on any atom is -0.497 e. The topological polar surface area (TPSA) is 105 Å². The lowest BCUT2D eigenvalue weighted by atomic mass is 10.1. The number of hydrogen-bond acceptors (Lipinski definition) is 6. The van der Waals surface area contributed by atoms with Crippen LogP contribution >= 0.6 is 0 Å². The number of ether oxygens (including phenoxy) is 2. The SMILES string of the molecule is COc1ccc(OC)c(N(CC(=O)N(Cc2ccccc2C)[C@@H](C)C(=O)NC(C)C)S(=O)(=O)c2ccccc2)c1. The van der Waals surface area contributed by atoms with Gasteiger partial charge in [0.25, 0.3) is 10.0 Å². The van der Waals surface area contributed by atoms with E-state index in [9.17, 15) is 18.0 Å². The molecule has 0 bridgehead atoms. The highest BCUT2D eigenvalue weighted by molar-refractivity contribution is 7.92. The number of benzene rings is 3. The number of nitrogens with one attached hydrogen (secondary N) is 1. The van der Waals surface area contributed by atoms with Crippen LogP contribution < -0.4 is 19.1 Å². The van der Waals surface area contributed by atoms with Crippen molar-refractivity contribution >= 4 is 27.5 Å². The van der Waals surface area contributed by atoms with Crippen molar-refractivity contribution in [2.45, 2.75) is 51.2 Å². The van der Waals surface area contributed by atoms with E-state index in [1.54, 1.807) is 37.3 Å². The highest BCUT2D eigenvalue weighted by Gasteiger charge is 2.34. The standard InChI is InChI=1S/C30H37N3O6S/c1-21(2)31-30(35)23(4)32(19-24-13-11-10-12-22(24)3)29(34)20-33(40(36,37)26-14-8-7-9-15-26)27-18-25(38-5)16-17-28(27)39-6/h7-18,21,23H,19-20H2,1-6H3,(H,31,35)/t23-/m0/s1. The second kappa shape index (κ2) is 13.3. The predicted octanol–water partition coefficient (Wildman–Crippen LogP) is 4.15. The summed E-state index contributed by atoms with van der Waals surface area (Å²) in [5.74, 6) is -0.269. The zero-order chi connectivity index (χ0) is 29.4. The lowest BCUT2D eigenvalue weighted by molar-refractivity contribution is -0.139. The van der Waals surface area contributed by atoms with Crippen molar-refractivity contribution in [1.82, 2.24) is 10.2 Å². The molecule has 3 aromatic rings. The number of sulfonamides is 1. The number of rotatable bonds is 12. The zero-order valence-corrected chi connectivity index (χ0v) is 24.6. The van der Waals surface area contributed by atoms with E-state index in [0.29, 0.717) is 5.75 Å². The molecule has 0 unspecified atom stereocenters. The molecule has 0 saturated heterocycles. The Labute approximate surface area is 236 Å². The summed E-state index contributed by atoms with van der Waals surface area (Å²) in [6.45, 7) is 6.77. The van der Waals surface area contributed by atoms with Gasteiger partial charge in [0.1, 0.15) is 24.1 Å². The first-order valence-electron chi connectivity index (χ1n) is 12.9. The largest absolute Gasteiger partial charge is 0.497 e. The van der Waals surface area contributed by atoms with Gasteiger partial charge in [-0.25, -0.2) is 8.42 Å². The fourth-order valence-corrected chi connectivity index (χ4v) is 5.62. The molecule has 0 aliphatic heterocycles. The molecule has 0 fully saturated rings. The molecular formula is C30H37N3O6S. The number of carbonyl (C=O) groups excluding carboxylic acids is 2. The van der Waals surface area contributed by atoms with E-state index in [2.05, 4.69) is 5.32 Å². The molecule has 10 heteroatoms. The number of aryl methyl sites for hydroxylation is 1. The van der Waals surface area contributed by atoms with Crippen LogP contribution in [0.2, 0.25) is 0 Å². The summed E-state index contributed by atoms with van der Waals surface area (Å²) in [6.07, 6.45) is 0. The van der Waals surface area contributed by atoms with Gasteiger partial charge in [-0.3, -0.25) is 13.9 Å². The van der Waals surface area contributed by atoms with Gasteiger partial charge in [-0.2, -0.15) is 0 Å². The summed E-state index contributed by atoms with van der Waals surface area (Å²) in [5, 5.41) is 2.85. The molecule has 40 heavy (non-hydrogen) atoms. The van der Waals surface area contributed by atoms with Crippen LogP contribution in [-0.4, -0.2) is 58.0 Å². The number of anilines is 1. The van der Waals surface area contributed by atoms with E-state index in [-0.39, 0.29) is 34.8 Å². The third kappa shape index (κ3) is 7.12. The maximum atomic E-state index is 14.1. The number of nitrogens with zero attached hydrogens (tertiary/aromatic N) is 2. The Morgan fingerprint density at radius 3 is 2.15 bits per heavy atom. The van der Waals surface area contributed by atoms with E-state index < -0.39 is 28.5 Å². The van der Waals surface area contributed by atoms with Crippen LogP contribution in [0.4, 0.5) is 5.69 Å². The normalized spacial score (nSPS) is 12.0. The van der Waals surface area contributed by atoms with Crippen LogP contribution in [0.5, 0.6) is 11.5 Å². The Bertz CT molecular complexity index is 1430. The van der Waals surface area contributed by atoms with Crippen molar-refractivity contribution in [3.8, 4) is 11.5 Å². The average Bonchev–Trinajstić information content (AvgIpc) is 2.94. The molecule has 0 spiro atoms. The number of carbonyl (C=O) groups is 2. The van der Waals surface area contributed by atoms with Gasteiger partial charge in [0.15, 0.2) is 0 Å². The van der Waals surface area contributed by atoms with Gasteiger partial charge in [0, 0.05) is 18.7 Å². The summed E-state index contributed by atoms with van der Waals surface area (Å²) < 4.78 is 39.8. The highest BCUT2D eigenvalue weighted by atomic mass is 32.2. The molecule has 0 aliphatic rings. The van der Waals surface area contributed by atoms with Crippen LogP contribution in [-0.2, 0) is 26.2 Å². The molecule has 3 aromatic carbocycles. The van der Waals surface area contributed by atoms with Crippen molar-refractivity contribution in [3.05, 3.63) is 83.9 Å². The van der Waals surface area contributed by atoms with Crippen LogP contribution in [0, 0.1) is 6.92 Å². The zero-order valence-electron chi connectivity index (χ0n) is 23.7. The van der Waals surface area contributed by atoms with Gasteiger partial charge in [-0.1, -0.05) is 42.5 Å². The van der Waals surface area contributed by atoms with E-state index in [0.717, 1.165) is 15.4 Å². The molecule has 0 radical (unpaired) electrons. The summed E-state index contributed by atoms with van der Waals surface area (Å²) in [4.78, 5) is 28.5. The Morgan fingerprint density at radius 1 is 0.900 bits per heavy atom. The molecule has 1 atom stereocenters. The van der Waals surface area contributed by atoms with E-state index in [1.807, 2.05) is 45.0 Å². The summed E-state index contributed by atoms with van der Waals surface area (Å²) in [7, 11) is -1.35. The van der Waals surface area contributed by atoms with E-state index >= 15 is 0 Å². The maximum Gasteiger partial charge on any atom is 0.264 e. The summed E-state index contributed by atoms with van der Waals surface area (Å²) >= 11 is 0. The summed E-state index contributed by atoms with van der Waals surface area (Å²) in [6, 6.07) is 19.1. The third-order valence-electron chi connectivity index (χ3n) is 6.46. The molecule has 0 aliphatic carbocycles. The molecule has 0 aromatic heterocycles. The Balaban J connectivity index is 2.12. The minimum absolute atomic E-state index is 0.00345. The van der Waals surface area contributed by atoms with Crippen LogP contribution in [0.1, 0.15) is 31.9 Å². The molecule has 2 amide bonds. The minimum atomic E-state index is -4.24. The van der Waals surface area contributed by atoms with Gasteiger partial charge in [-0.15, -0.1) is 0 Å². The Hall–Kier alpha value is -4.05. The number of methoxy groups -OCH3 is 2. The first kappa shape index (κ1) is 30.5. The first-order chi connectivity index (χ1) is 19.0. The summed E-state index contributed by atoms with van der Waals surface area (Å²) in [5.41, 5.74) is 1.92. The van der Waals surface area contributed by atoms with Crippen LogP contribution in [0.25, 0.3) is 0 Å². The van der Waals surface area contributed by atoms with Crippen molar-refractivity contribution < 1.29 is 27.5 Å². The number of amides is 2. The maximum absolute atomic E-state index is 14.1. The average molecular weight is 568 g/mol. The second-order valence-corrected chi connectivity index (χ2v) is 11.5. The lowest BCUT2D eigenvalue weighted by Crippen LogP contribution is -2.52. The third-order valence-corrected chi connectivity index (χ3v) is 8.24. The molecule has 9 nitrogen and oxygen atoms in total. The van der Waals surface area contributed by atoms with Crippen LogP contribution in [0.3, 0.4) is 0 Å². The first-order valence-corrected chi connectivity index (χ1v) is 14.4. The van der Waals surface area contributed by atoms with Gasteiger partial charge < -0.3 is 19.7 Å². The van der Waals surface area contributed by atoms with Gasteiger partial charge in [0.05, 0.1) is 24.8 Å². The monoisotopic (exact) mass is 567 g/mol. The van der Waals surface area contributed by atoms with Crippen LogP contribution in [0.15, 0.2) is 77.7 Å². The van der Waals surface area contributed by atoms with E-state index in [4.69, 9.17) is 9.47 Å². The smallest absolute Gasteiger partial charge is 0.264 e. The van der Waals surface area contributed by atoms with Gasteiger partial charge in [-0.05, 0) is 63.1 Å². The number of hydrogen-bond donors (Lipinski definition) is 1. The lowest BCUT2D eigenvalue weighted by Gasteiger charge is -2.33. The molecule has 214 valence electrons. The Morgan fingerprint density at radius 2 is 1.55 bits per heavy atom. The van der Waals surface area contributed by atoms with Crippen molar-refractivity contribution in [2.75, 3.05) is 25.1 Å². The molecular weight excluding hydrogens is 530 g/mol. The predicted molar refractivity (Wildman–Crippen MR) is 155 cm³/mol. The molecule has 3 rings (SSSR count). The fourth-order valence-electron chi connectivity index (χ4n) is 4.18. The van der Waals surface area contributed by atoms with Gasteiger partial charge in [0.2, 0.25) is 11.8 Å². The quantitative estimate of drug-likeness (QED) is 0.353. The fraction of sp³-hybridized carbons (Fsp3) is 0.333. The van der Waals surface area contributed by atoms with Crippen molar-refractivity contribution in [1.29, 1.82) is 0 Å². The van der Waals surface area contributed by atoms with E-state index in [1.165, 1.54) is 37.3 Å². The van der Waals surface area contributed by atoms with Gasteiger partial charge >= 0.3 is 0 Å². The second-order valence-electron chi connectivity index (χ2n) is 9.65. The molecule has 0 heterocycles.